The van der Waals surface area contributed by atoms with Crippen LogP contribution in [0.25, 0.3) is 5.69 Å². The van der Waals surface area contributed by atoms with Crippen molar-refractivity contribution >= 4 is 15.1 Å². The van der Waals surface area contributed by atoms with Gasteiger partial charge in [0.2, 0.25) is 5.75 Å². The van der Waals surface area contributed by atoms with E-state index in [1.807, 2.05) is 18.8 Å². The number of rotatable bonds is 4. The molecule has 2 rings (SSSR count). The second-order valence-corrected chi connectivity index (χ2v) is 3.59. The highest BCUT2D eigenvalue weighted by atomic mass is 31.0. The first-order valence-corrected chi connectivity index (χ1v) is 7.52. The zero-order valence-corrected chi connectivity index (χ0v) is 14.7. The molecule has 2 aromatic rings. The number of anilines is 1. The molecule has 122 valence electrons. The maximum Gasteiger partial charge on any atom is 0.203 e. The molecule has 0 bridgehead atoms. The number of hydrogen-bond donors (Lipinski definition) is 1. The molecular weight excluding hydrogens is 301 g/mol. The van der Waals surface area contributed by atoms with E-state index in [4.69, 9.17) is 19.9 Å². The highest BCUT2D eigenvalue weighted by Crippen LogP contribution is 2.39. The molecule has 1 atom stereocenters. The van der Waals surface area contributed by atoms with Gasteiger partial charge in [-0.05, 0) is 0 Å². The lowest BCUT2D eigenvalue weighted by Crippen LogP contribution is -1.98. The molecule has 22 heavy (non-hydrogen) atoms. The molecule has 6 nitrogen and oxygen atoms in total. The van der Waals surface area contributed by atoms with Gasteiger partial charge in [0.25, 0.3) is 0 Å². The summed E-state index contributed by atoms with van der Waals surface area (Å²) in [5, 5.41) is 0. The summed E-state index contributed by atoms with van der Waals surface area (Å²) in [7, 11) is 7.13. The minimum atomic E-state index is 0.448. The fourth-order valence-corrected chi connectivity index (χ4v) is 1.70. The van der Waals surface area contributed by atoms with Crippen LogP contribution in [0.15, 0.2) is 37.8 Å². The minimum Gasteiger partial charge on any atom is -0.493 e. The molecule has 1 aromatic heterocycles. The van der Waals surface area contributed by atoms with Gasteiger partial charge in [-0.2, -0.15) is 0 Å². The van der Waals surface area contributed by atoms with Crippen molar-refractivity contribution in [1.29, 1.82) is 0 Å². The molecule has 1 unspecified atom stereocenters. The number of nitrogens with zero attached hydrogens (tertiary/aromatic N) is 2. The average molecular weight is 325 g/mol. The lowest BCUT2D eigenvalue weighted by molar-refractivity contribution is 0.324. The highest BCUT2D eigenvalue weighted by molar-refractivity contribution is 7.15. The predicted octanol–water partition coefficient (Wildman–Crippen LogP) is 2.77. The molecule has 0 saturated carbocycles. The first-order chi connectivity index (χ1) is 10.7. The summed E-state index contributed by atoms with van der Waals surface area (Å²) < 4.78 is 17.6. The molecule has 7 heteroatoms. The van der Waals surface area contributed by atoms with Crippen LogP contribution in [0.1, 0.15) is 0 Å². The SMILES string of the molecule is C=C.COc1cc(-n2cnc(N)c2)cc(OC)c1OC.CP. The van der Waals surface area contributed by atoms with Crippen LogP contribution < -0.4 is 19.9 Å². The predicted molar refractivity (Wildman–Crippen MR) is 94.5 cm³/mol. The molecule has 0 aliphatic rings. The van der Waals surface area contributed by atoms with Crippen molar-refractivity contribution in [2.24, 2.45) is 0 Å². The van der Waals surface area contributed by atoms with Crippen molar-refractivity contribution < 1.29 is 14.2 Å². The monoisotopic (exact) mass is 325 g/mol. The van der Waals surface area contributed by atoms with E-state index in [1.54, 1.807) is 38.4 Å². The van der Waals surface area contributed by atoms with Gasteiger partial charge in [0.15, 0.2) is 11.5 Å². The fourth-order valence-electron chi connectivity index (χ4n) is 1.70. The van der Waals surface area contributed by atoms with E-state index in [9.17, 15) is 0 Å². The lowest BCUT2D eigenvalue weighted by Gasteiger charge is -2.14. The van der Waals surface area contributed by atoms with Gasteiger partial charge in [-0.3, -0.25) is 0 Å². The van der Waals surface area contributed by atoms with Gasteiger partial charge >= 0.3 is 0 Å². The number of nitrogens with two attached hydrogens (primary N) is 1. The molecule has 1 heterocycles. The maximum atomic E-state index is 5.59. The molecule has 0 radical (unpaired) electrons. The van der Waals surface area contributed by atoms with Crippen LogP contribution in [0.4, 0.5) is 5.82 Å². The molecule has 0 amide bonds. The normalized spacial score (nSPS) is 8.77. The smallest absolute Gasteiger partial charge is 0.203 e. The number of methoxy groups -OCH3 is 3. The van der Waals surface area contributed by atoms with E-state index >= 15 is 0 Å². The number of hydrogen-bond acceptors (Lipinski definition) is 5. The number of ether oxygens (including phenoxy) is 3. The maximum absolute atomic E-state index is 5.59. The Morgan fingerprint density at radius 2 is 1.55 bits per heavy atom. The Bertz CT molecular complexity index is 548. The number of aromatic nitrogens is 2. The van der Waals surface area contributed by atoms with Crippen LogP contribution in [0, 0.1) is 0 Å². The summed E-state index contributed by atoms with van der Waals surface area (Å²) >= 11 is 0. The topological polar surface area (TPSA) is 71.5 Å². The van der Waals surface area contributed by atoms with Gasteiger partial charge in [0.05, 0.1) is 33.2 Å². The Balaban J connectivity index is 0.00000102. The van der Waals surface area contributed by atoms with Crippen molar-refractivity contribution in [2.75, 3.05) is 33.7 Å². The van der Waals surface area contributed by atoms with Gasteiger partial charge in [-0.25, -0.2) is 4.98 Å². The molecule has 2 N–H and O–H groups in total. The Labute approximate surface area is 134 Å². The second kappa shape index (κ2) is 10.5. The molecule has 1 aromatic carbocycles. The first kappa shape index (κ1) is 19.8. The van der Waals surface area contributed by atoms with Crippen LogP contribution in [-0.4, -0.2) is 37.5 Å². The van der Waals surface area contributed by atoms with Gasteiger partial charge in [-0.15, -0.1) is 22.4 Å². The van der Waals surface area contributed by atoms with Crippen molar-refractivity contribution in [2.45, 2.75) is 0 Å². The van der Waals surface area contributed by atoms with Gasteiger partial charge in [-0.1, -0.05) is 6.66 Å². The zero-order chi connectivity index (χ0) is 17.1. The second-order valence-electron chi connectivity index (χ2n) is 3.59. The summed E-state index contributed by atoms with van der Waals surface area (Å²) in [6, 6.07) is 3.64. The average Bonchev–Trinajstić information content (AvgIpc) is 3.03. The zero-order valence-electron chi connectivity index (χ0n) is 13.5. The number of imidazole rings is 1. The van der Waals surface area contributed by atoms with Crippen LogP contribution in [0.5, 0.6) is 17.2 Å². The van der Waals surface area contributed by atoms with Gasteiger partial charge in [0, 0.05) is 12.1 Å². The van der Waals surface area contributed by atoms with Gasteiger partial charge < -0.3 is 24.5 Å². The number of nitrogen functional groups attached to an aromatic ring is 1. The van der Waals surface area contributed by atoms with Crippen LogP contribution >= 0.6 is 9.24 Å². The number of benzene rings is 1. The summed E-state index contributed by atoms with van der Waals surface area (Å²) in [5.74, 6) is 2.17. The quantitative estimate of drug-likeness (QED) is 0.691. The minimum absolute atomic E-state index is 0.448. The van der Waals surface area contributed by atoms with Crippen molar-refractivity contribution in [3.63, 3.8) is 0 Å². The van der Waals surface area contributed by atoms with Crippen LogP contribution in [-0.2, 0) is 0 Å². The summed E-state index contributed by atoms with van der Waals surface area (Å²) in [5.41, 5.74) is 6.42. The Kier molecular flexibility index (Phi) is 9.46. The van der Waals surface area contributed by atoms with E-state index in [0.29, 0.717) is 23.1 Å². The van der Waals surface area contributed by atoms with E-state index in [0.717, 1.165) is 5.69 Å². The van der Waals surface area contributed by atoms with E-state index in [1.165, 1.54) is 0 Å². The lowest BCUT2D eigenvalue weighted by atomic mass is 10.2. The Morgan fingerprint density at radius 3 is 1.86 bits per heavy atom. The molecule has 0 spiro atoms. The van der Waals surface area contributed by atoms with Crippen LogP contribution in [0.3, 0.4) is 0 Å². The molecule has 0 aliphatic heterocycles. The molecule has 0 saturated heterocycles. The third-order valence-corrected chi connectivity index (χ3v) is 2.55. The largest absolute Gasteiger partial charge is 0.493 e. The third kappa shape index (κ3) is 4.67. The summed E-state index contributed by atoms with van der Waals surface area (Å²) in [6.07, 6.45) is 3.33. The molecule has 0 aliphatic carbocycles. The molecular formula is C15H24N3O3P. The van der Waals surface area contributed by atoms with Crippen molar-refractivity contribution in [1.82, 2.24) is 9.55 Å². The fraction of sp³-hybridized carbons (Fsp3) is 0.267. The van der Waals surface area contributed by atoms with Crippen LogP contribution in [0.2, 0.25) is 0 Å². The first-order valence-electron chi connectivity index (χ1n) is 6.37. The summed E-state index contributed by atoms with van der Waals surface area (Å²) in [4.78, 5) is 3.97. The van der Waals surface area contributed by atoms with Crippen molar-refractivity contribution in [3.05, 3.63) is 37.8 Å². The Morgan fingerprint density at radius 1 is 1.05 bits per heavy atom. The van der Waals surface area contributed by atoms with E-state index < -0.39 is 0 Å². The van der Waals surface area contributed by atoms with E-state index in [2.05, 4.69) is 27.4 Å². The van der Waals surface area contributed by atoms with Crippen molar-refractivity contribution in [3.8, 4) is 22.9 Å². The summed E-state index contributed by atoms with van der Waals surface area (Å²) in [6.45, 7) is 7.92. The van der Waals surface area contributed by atoms with E-state index in [-0.39, 0.29) is 0 Å². The van der Waals surface area contributed by atoms with Gasteiger partial charge in [0.1, 0.15) is 12.1 Å². The standard InChI is InChI=1S/C12H15N3O3.C2H4.CH5P/c1-16-9-4-8(15-6-11(13)14-7-15)5-10(17-2)12(9)18-3;2*1-2/h4-7H,13H2,1-3H3;1-2H2;2H2,1H3. The third-order valence-electron chi connectivity index (χ3n) is 2.55. The Hall–Kier alpha value is -2.20. The molecule has 0 fully saturated rings. The highest BCUT2D eigenvalue weighted by Gasteiger charge is 2.14.